The lowest BCUT2D eigenvalue weighted by atomic mass is 10.1. The van der Waals surface area contributed by atoms with Crippen molar-refractivity contribution < 1.29 is 22.7 Å². The molecule has 0 aliphatic heterocycles. The number of carbonyl (C=O) groups excluding carboxylic acids is 2. The van der Waals surface area contributed by atoms with Crippen LogP contribution in [-0.2, 0) is 26.2 Å². The first-order valence-corrected chi connectivity index (χ1v) is 13.4. The number of hydrogen-bond donors (Lipinski definition) is 1. The highest BCUT2D eigenvalue weighted by molar-refractivity contribution is 7.92. The summed E-state index contributed by atoms with van der Waals surface area (Å²) in [6, 6.07) is 11.8. The van der Waals surface area contributed by atoms with Crippen molar-refractivity contribution >= 4 is 27.5 Å². The van der Waals surface area contributed by atoms with Crippen LogP contribution in [0.5, 0.6) is 5.75 Å². The van der Waals surface area contributed by atoms with Crippen molar-refractivity contribution in [3.63, 3.8) is 0 Å². The van der Waals surface area contributed by atoms with Gasteiger partial charge in [0.25, 0.3) is 0 Å². The summed E-state index contributed by atoms with van der Waals surface area (Å²) >= 11 is 0. The van der Waals surface area contributed by atoms with Crippen LogP contribution in [0.2, 0.25) is 0 Å². The van der Waals surface area contributed by atoms with Gasteiger partial charge in [-0.15, -0.1) is 0 Å². The summed E-state index contributed by atoms with van der Waals surface area (Å²) in [4.78, 5) is 27.9. The van der Waals surface area contributed by atoms with E-state index >= 15 is 0 Å². The number of ether oxygens (including phenoxy) is 1. The third-order valence-electron chi connectivity index (χ3n) is 5.68. The summed E-state index contributed by atoms with van der Waals surface area (Å²) in [6.45, 7) is 9.49. The molecule has 0 aromatic heterocycles. The maximum Gasteiger partial charge on any atom is 0.244 e. The number of amides is 2. The zero-order valence-electron chi connectivity index (χ0n) is 21.7. The molecular weight excluding hydrogens is 466 g/mol. The Balaban J connectivity index is 2.40. The fourth-order valence-electron chi connectivity index (χ4n) is 3.55. The maximum atomic E-state index is 13.6. The smallest absolute Gasteiger partial charge is 0.244 e. The average Bonchev–Trinajstić information content (AvgIpc) is 2.80. The first-order chi connectivity index (χ1) is 16.3. The van der Waals surface area contributed by atoms with E-state index in [-0.39, 0.29) is 18.4 Å². The minimum atomic E-state index is -3.77. The third kappa shape index (κ3) is 7.99. The molecule has 0 aliphatic carbocycles. The number of nitrogens with one attached hydrogen (secondary N) is 1. The number of methoxy groups -OCH3 is 1. The Kier molecular flexibility index (Phi) is 9.71. The molecule has 0 bridgehead atoms. The molecule has 0 fully saturated rings. The normalized spacial score (nSPS) is 12.2. The van der Waals surface area contributed by atoms with E-state index in [0.717, 1.165) is 27.3 Å². The quantitative estimate of drug-likeness (QED) is 0.508. The van der Waals surface area contributed by atoms with Crippen molar-refractivity contribution in [1.29, 1.82) is 0 Å². The Morgan fingerprint density at radius 3 is 2.20 bits per heavy atom. The van der Waals surface area contributed by atoms with Crippen LogP contribution in [0, 0.1) is 19.8 Å². The van der Waals surface area contributed by atoms with Crippen LogP contribution in [0.25, 0.3) is 0 Å². The van der Waals surface area contributed by atoms with Gasteiger partial charge in [0, 0.05) is 13.1 Å². The van der Waals surface area contributed by atoms with Gasteiger partial charge in [-0.3, -0.25) is 13.9 Å². The zero-order valence-corrected chi connectivity index (χ0v) is 22.5. The minimum absolute atomic E-state index is 0.142. The molecule has 2 aromatic rings. The number of hydrogen-bond acceptors (Lipinski definition) is 5. The van der Waals surface area contributed by atoms with E-state index in [2.05, 4.69) is 5.32 Å². The van der Waals surface area contributed by atoms with E-state index in [1.165, 1.54) is 4.90 Å². The molecule has 0 unspecified atom stereocenters. The summed E-state index contributed by atoms with van der Waals surface area (Å²) in [5, 5.41) is 2.87. The molecule has 8 nitrogen and oxygen atoms in total. The van der Waals surface area contributed by atoms with Crippen molar-refractivity contribution in [2.24, 2.45) is 5.92 Å². The average molecular weight is 504 g/mol. The highest BCUT2D eigenvalue weighted by Gasteiger charge is 2.30. The number of anilines is 1. The number of benzene rings is 2. The van der Waals surface area contributed by atoms with Gasteiger partial charge in [-0.1, -0.05) is 38.1 Å². The van der Waals surface area contributed by atoms with Gasteiger partial charge in [0.2, 0.25) is 21.8 Å². The van der Waals surface area contributed by atoms with Gasteiger partial charge in [-0.05, 0) is 61.6 Å². The Hall–Kier alpha value is -3.07. The molecule has 0 saturated carbocycles. The Labute approximate surface area is 209 Å². The lowest BCUT2D eigenvalue weighted by molar-refractivity contribution is -0.139. The highest BCUT2D eigenvalue weighted by Crippen LogP contribution is 2.24. The Bertz CT molecular complexity index is 1130. The van der Waals surface area contributed by atoms with Gasteiger partial charge >= 0.3 is 0 Å². The molecule has 0 radical (unpaired) electrons. The van der Waals surface area contributed by atoms with Gasteiger partial charge < -0.3 is 15.0 Å². The molecule has 9 heteroatoms. The number of aryl methyl sites for hydroxylation is 2. The Morgan fingerprint density at radius 2 is 1.66 bits per heavy atom. The van der Waals surface area contributed by atoms with Gasteiger partial charge in [0.15, 0.2) is 0 Å². The van der Waals surface area contributed by atoms with Crippen molar-refractivity contribution in [2.45, 2.75) is 47.2 Å². The summed E-state index contributed by atoms with van der Waals surface area (Å²) < 4.78 is 31.8. The topological polar surface area (TPSA) is 96.0 Å². The van der Waals surface area contributed by atoms with Crippen LogP contribution < -0.4 is 14.4 Å². The molecular formula is C26H37N3O5S. The molecule has 0 saturated heterocycles. The van der Waals surface area contributed by atoms with Crippen molar-refractivity contribution in [2.75, 3.05) is 30.8 Å². The zero-order chi connectivity index (χ0) is 26.3. The molecule has 2 aromatic carbocycles. The fraction of sp³-hybridized carbons (Fsp3) is 0.462. The monoisotopic (exact) mass is 503 g/mol. The molecule has 0 spiro atoms. The molecule has 0 heterocycles. The molecule has 0 aliphatic rings. The lowest BCUT2D eigenvalue weighted by Gasteiger charge is -2.32. The van der Waals surface area contributed by atoms with Gasteiger partial charge in [0.05, 0.1) is 19.1 Å². The van der Waals surface area contributed by atoms with Crippen molar-refractivity contribution in [3.05, 3.63) is 59.2 Å². The number of rotatable bonds is 11. The summed E-state index contributed by atoms with van der Waals surface area (Å²) in [7, 11) is -2.20. The van der Waals surface area contributed by atoms with Crippen molar-refractivity contribution in [3.8, 4) is 5.75 Å². The van der Waals surface area contributed by atoms with Crippen LogP contribution in [-0.4, -0.2) is 57.6 Å². The fourth-order valence-corrected chi connectivity index (χ4v) is 4.44. The summed E-state index contributed by atoms with van der Waals surface area (Å²) in [6.07, 6.45) is 1.08. The van der Waals surface area contributed by atoms with Crippen LogP contribution in [0.1, 0.15) is 37.5 Å². The van der Waals surface area contributed by atoms with Crippen molar-refractivity contribution in [1.82, 2.24) is 10.2 Å². The predicted molar refractivity (Wildman–Crippen MR) is 139 cm³/mol. The number of nitrogens with zero attached hydrogens (tertiary/aromatic N) is 2. The van der Waals surface area contributed by atoms with E-state index < -0.39 is 28.5 Å². The number of carbonyl (C=O) groups is 2. The summed E-state index contributed by atoms with van der Waals surface area (Å²) in [5.41, 5.74) is 2.85. The predicted octanol–water partition coefficient (Wildman–Crippen LogP) is 3.27. The lowest BCUT2D eigenvalue weighted by Crippen LogP contribution is -2.51. The summed E-state index contributed by atoms with van der Waals surface area (Å²) in [5.74, 6) is 0.159. The second kappa shape index (κ2) is 12.1. The van der Waals surface area contributed by atoms with E-state index in [1.807, 2.05) is 45.0 Å². The minimum Gasteiger partial charge on any atom is -0.497 e. The first-order valence-electron chi connectivity index (χ1n) is 11.6. The SMILES string of the molecule is COc1ccc(CN(C(=O)CN(c2cc(C)ccc2C)S(C)(=O)=O)[C@@H](C)C(=O)NCC(C)C)cc1. The van der Waals surface area contributed by atoms with Crippen LogP contribution in [0.3, 0.4) is 0 Å². The van der Waals surface area contributed by atoms with Crippen LogP contribution in [0.15, 0.2) is 42.5 Å². The van der Waals surface area contributed by atoms with Gasteiger partial charge in [-0.2, -0.15) is 0 Å². The Morgan fingerprint density at radius 1 is 1.03 bits per heavy atom. The largest absolute Gasteiger partial charge is 0.497 e. The highest BCUT2D eigenvalue weighted by atomic mass is 32.2. The molecule has 192 valence electrons. The maximum absolute atomic E-state index is 13.6. The van der Waals surface area contributed by atoms with Crippen LogP contribution >= 0.6 is 0 Å². The number of sulfonamides is 1. The second-order valence-electron chi connectivity index (χ2n) is 9.24. The molecule has 35 heavy (non-hydrogen) atoms. The van der Waals surface area contributed by atoms with Gasteiger partial charge in [0.1, 0.15) is 18.3 Å². The molecule has 2 rings (SSSR count). The van der Waals surface area contributed by atoms with Gasteiger partial charge in [-0.25, -0.2) is 8.42 Å². The standard InChI is InChI=1S/C26H37N3O5S/c1-18(2)15-27-26(31)21(5)28(16-22-10-12-23(34-6)13-11-22)25(30)17-29(35(7,32)33)24-14-19(3)8-9-20(24)4/h8-14,18,21H,15-17H2,1-7H3,(H,27,31)/t21-/m0/s1. The second-order valence-corrected chi connectivity index (χ2v) is 11.2. The first kappa shape index (κ1) is 28.2. The van der Waals surface area contributed by atoms with E-state index in [4.69, 9.17) is 4.74 Å². The molecule has 1 N–H and O–H groups in total. The van der Waals surface area contributed by atoms with E-state index in [0.29, 0.717) is 18.0 Å². The van der Waals surface area contributed by atoms with Crippen LogP contribution in [0.4, 0.5) is 5.69 Å². The third-order valence-corrected chi connectivity index (χ3v) is 6.80. The molecule has 1 atom stereocenters. The van der Waals surface area contributed by atoms with E-state index in [1.54, 1.807) is 39.2 Å². The molecule has 2 amide bonds. The van der Waals surface area contributed by atoms with E-state index in [9.17, 15) is 18.0 Å².